The van der Waals surface area contributed by atoms with Crippen molar-refractivity contribution in [3.8, 4) is 5.69 Å². The Kier molecular flexibility index (Phi) is 7.40. The van der Waals surface area contributed by atoms with Gasteiger partial charge in [0.2, 0.25) is 0 Å². The summed E-state index contributed by atoms with van der Waals surface area (Å²) in [7, 11) is 0. The number of fused-ring (bicyclic) bond motifs is 1. The van der Waals surface area contributed by atoms with Gasteiger partial charge in [-0.05, 0) is 37.6 Å². The van der Waals surface area contributed by atoms with E-state index in [2.05, 4.69) is 0 Å². The normalized spacial score (nSPS) is 12.3. The standard InChI is InChI=1S/C22H22Cl3N3O2/c1-3-4-13-27(22(30)19(24)25)14(2)20-26-17-11-7-5-9-15(17)21(29)28(20)18-12-8-6-10-16(18)23/h5-12,14,19H,3-4,13H2,1-2H3. The number of unbranched alkanes of at least 4 members (excludes halogenated alkanes) is 1. The number of aromatic nitrogens is 2. The van der Waals surface area contributed by atoms with Crippen molar-refractivity contribution in [3.63, 3.8) is 0 Å². The van der Waals surface area contributed by atoms with Crippen LogP contribution in [0.15, 0.2) is 53.3 Å². The highest BCUT2D eigenvalue weighted by Crippen LogP contribution is 2.27. The molecule has 0 spiro atoms. The molecule has 1 atom stereocenters. The van der Waals surface area contributed by atoms with Gasteiger partial charge in [-0.15, -0.1) is 0 Å². The fraction of sp³-hybridized carbons (Fsp3) is 0.318. The monoisotopic (exact) mass is 465 g/mol. The Hall–Kier alpha value is -2.08. The molecule has 0 fully saturated rings. The van der Waals surface area contributed by atoms with Crippen LogP contribution < -0.4 is 5.56 Å². The maximum atomic E-state index is 13.5. The number of para-hydroxylation sites is 2. The van der Waals surface area contributed by atoms with E-state index in [9.17, 15) is 9.59 Å². The molecule has 0 radical (unpaired) electrons. The van der Waals surface area contributed by atoms with Crippen molar-refractivity contribution in [1.29, 1.82) is 0 Å². The average Bonchev–Trinajstić information content (AvgIpc) is 2.74. The molecule has 1 heterocycles. The number of amides is 1. The number of benzene rings is 2. The van der Waals surface area contributed by atoms with Crippen molar-refractivity contribution in [2.75, 3.05) is 6.54 Å². The molecular weight excluding hydrogens is 445 g/mol. The molecule has 3 rings (SSSR count). The molecule has 0 aliphatic heterocycles. The minimum absolute atomic E-state index is 0.258. The van der Waals surface area contributed by atoms with Gasteiger partial charge in [0.1, 0.15) is 5.82 Å². The lowest BCUT2D eigenvalue weighted by Crippen LogP contribution is -2.40. The van der Waals surface area contributed by atoms with Crippen LogP contribution in [0.25, 0.3) is 16.6 Å². The molecular formula is C22H22Cl3N3O2. The lowest BCUT2D eigenvalue weighted by atomic mass is 10.1. The minimum atomic E-state index is -1.20. The summed E-state index contributed by atoms with van der Waals surface area (Å²) in [6, 6.07) is 13.6. The van der Waals surface area contributed by atoms with E-state index in [1.807, 2.05) is 19.9 Å². The third kappa shape index (κ3) is 4.48. The number of carbonyl (C=O) groups is 1. The molecule has 5 nitrogen and oxygen atoms in total. The third-order valence-corrected chi connectivity index (χ3v) is 5.65. The van der Waals surface area contributed by atoms with Crippen LogP contribution >= 0.6 is 34.8 Å². The number of rotatable bonds is 7. The van der Waals surface area contributed by atoms with Gasteiger partial charge in [0.05, 0.1) is 27.7 Å². The van der Waals surface area contributed by atoms with Crippen LogP contribution in [-0.4, -0.2) is 31.7 Å². The quantitative estimate of drug-likeness (QED) is 0.430. The van der Waals surface area contributed by atoms with Crippen molar-refractivity contribution in [2.45, 2.75) is 37.6 Å². The van der Waals surface area contributed by atoms with Crippen LogP contribution in [0.3, 0.4) is 0 Å². The SMILES string of the molecule is CCCCN(C(=O)C(Cl)Cl)C(C)c1nc2ccccc2c(=O)n1-c1ccccc1Cl. The molecule has 158 valence electrons. The van der Waals surface area contributed by atoms with Gasteiger partial charge >= 0.3 is 0 Å². The van der Waals surface area contributed by atoms with Gasteiger partial charge < -0.3 is 4.90 Å². The Morgan fingerprint density at radius 1 is 1.13 bits per heavy atom. The van der Waals surface area contributed by atoms with E-state index >= 15 is 0 Å². The first-order valence-electron chi connectivity index (χ1n) is 9.72. The van der Waals surface area contributed by atoms with E-state index in [4.69, 9.17) is 39.8 Å². The topological polar surface area (TPSA) is 55.2 Å². The van der Waals surface area contributed by atoms with Crippen molar-refractivity contribution < 1.29 is 4.79 Å². The Labute approximate surface area is 190 Å². The van der Waals surface area contributed by atoms with Crippen LogP contribution in [0.2, 0.25) is 5.02 Å². The highest BCUT2D eigenvalue weighted by molar-refractivity contribution is 6.53. The molecule has 30 heavy (non-hydrogen) atoms. The Balaban J connectivity index is 2.27. The first-order valence-corrected chi connectivity index (χ1v) is 11.0. The summed E-state index contributed by atoms with van der Waals surface area (Å²) in [6.45, 7) is 4.28. The van der Waals surface area contributed by atoms with Gasteiger partial charge in [0.15, 0.2) is 4.84 Å². The molecule has 0 N–H and O–H groups in total. The maximum absolute atomic E-state index is 13.5. The largest absolute Gasteiger partial charge is 0.330 e. The van der Waals surface area contributed by atoms with Crippen LogP contribution in [0.4, 0.5) is 0 Å². The summed E-state index contributed by atoms with van der Waals surface area (Å²) >= 11 is 18.2. The van der Waals surface area contributed by atoms with Crippen molar-refractivity contribution in [1.82, 2.24) is 14.5 Å². The second-order valence-corrected chi connectivity index (χ2v) is 8.44. The summed E-state index contributed by atoms with van der Waals surface area (Å²) in [5, 5.41) is 0.872. The van der Waals surface area contributed by atoms with E-state index in [0.29, 0.717) is 34.0 Å². The molecule has 0 aliphatic rings. The predicted octanol–water partition coefficient (Wildman–Crippen LogP) is 5.53. The van der Waals surface area contributed by atoms with Gasteiger partial charge in [-0.3, -0.25) is 14.2 Å². The smallest absolute Gasteiger partial charge is 0.266 e. The Morgan fingerprint density at radius 3 is 2.47 bits per heavy atom. The highest BCUT2D eigenvalue weighted by Gasteiger charge is 2.29. The molecule has 0 saturated heterocycles. The fourth-order valence-corrected chi connectivity index (χ4v) is 3.85. The number of carbonyl (C=O) groups excluding carboxylic acids is 1. The first kappa shape index (κ1) is 22.6. The van der Waals surface area contributed by atoms with Gasteiger partial charge in [0, 0.05) is 6.54 Å². The maximum Gasteiger partial charge on any atom is 0.266 e. The van der Waals surface area contributed by atoms with Gasteiger partial charge in [-0.2, -0.15) is 0 Å². The molecule has 0 bridgehead atoms. The van der Waals surface area contributed by atoms with Gasteiger partial charge in [0.25, 0.3) is 11.5 Å². The number of hydrogen-bond acceptors (Lipinski definition) is 3. The number of nitrogens with zero attached hydrogens (tertiary/aromatic N) is 3. The molecule has 3 aromatic rings. The van der Waals surface area contributed by atoms with Crippen molar-refractivity contribution >= 4 is 51.6 Å². The zero-order chi connectivity index (χ0) is 21.8. The summed E-state index contributed by atoms with van der Waals surface area (Å²) in [5.41, 5.74) is 0.788. The zero-order valence-corrected chi connectivity index (χ0v) is 19.0. The van der Waals surface area contributed by atoms with E-state index < -0.39 is 16.8 Å². The number of halogens is 3. The lowest BCUT2D eigenvalue weighted by Gasteiger charge is -2.31. The molecule has 8 heteroatoms. The number of hydrogen-bond donors (Lipinski definition) is 0. The molecule has 0 saturated carbocycles. The number of alkyl halides is 2. The lowest BCUT2D eigenvalue weighted by molar-refractivity contribution is -0.131. The fourth-order valence-electron chi connectivity index (χ4n) is 3.38. The first-order chi connectivity index (χ1) is 14.4. The summed E-state index contributed by atoms with van der Waals surface area (Å²) in [5.74, 6) is -0.0300. The summed E-state index contributed by atoms with van der Waals surface area (Å²) in [4.78, 5) is 31.3. The Bertz CT molecular complexity index is 1110. The molecule has 0 aliphatic carbocycles. The summed E-state index contributed by atoms with van der Waals surface area (Å²) < 4.78 is 1.47. The third-order valence-electron chi connectivity index (χ3n) is 4.96. The second kappa shape index (κ2) is 9.82. The predicted molar refractivity (Wildman–Crippen MR) is 123 cm³/mol. The highest BCUT2D eigenvalue weighted by atomic mass is 35.5. The van der Waals surface area contributed by atoms with Gasteiger partial charge in [-0.25, -0.2) is 4.98 Å². The van der Waals surface area contributed by atoms with Crippen molar-refractivity contribution in [3.05, 3.63) is 69.7 Å². The van der Waals surface area contributed by atoms with E-state index in [1.54, 1.807) is 47.4 Å². The van der Waals surface area contributed by atoms with E-state index in [1.165, 1.54) is 4.57 Å². The van der Waals surface area contributed by atoms with E-state index in [0.717, 1.165) is 12.8 Å². The summed E-state index contributed by atoms with van der Waals surface area (Å²) in [6.07, 6.45) is 1.65. The zero-order valence-electron chi connectivity index (χ0n) is 16.7. The van der Waals surface area contributed by atoms with Crippen LogP contribution in [0.5, 0.6) is 0 Å². The van der Waals surface area contributed by atoms with Crippen molar-refractivity contribution in [2.24, 2.45) is 0 Å². The molecule has 1 unspecified atom stereocenters. The Morgan fingerprint density at radius 2 is 1.80 bits per heavy atom. The van der Waals surface area contributed by atoms with Crippen LogP contribution in [-0.2, 0) is 4.79 Å². The average molecular weight is 467 g/mol. The van der Waals surface area contributed by atoms with E-state index in [-0.39, 0.29) is 5.56 Å². The van der Waals surface area contributed by atoms with Gasteiger partial charge in [-0.1, -0.05) is 72.4 Å². The molecule has 1 aromatic heterocycles. The van der Waals surface area contributed by atoms with Crippen LogP contribution in [0.1, 0.15) is 38.6 Å². The second-order valence-electron chi connectivity index (χ2n) is 6.94. The minimum Gasteiger partial charge on any atom is -0.330 e. The van der Waals surface area contributed by atoms with Crippen LogP contribution in [0, 0.1) is 0 Å². The molecule has 1 amide bonds. The molecule has 2 aromatic carbocycles.